The van der Waals surface area contributed by atoms with E-state index in [1.165, 1.54) is 0 Å². The summed E-state index contributed by atoms with van der Waals surface area (Å²) < 4.78 is 7.67. The van der Waals surface area contributed by atoms with Gasteiger partial charge in [0.25, 0.3) is 6.01 Å². The van der Waals surface area contributed by atoms with Gasteiger partial charge in [-0.3, -0.25) is 0 Å². The van der Waals surface area contributed by atoms with Crippen LogP contribution in [0.3, 0.4) is 0 Å². The van der Waals surface area contributed by atoms with Gasteiger partial charge in [0.15, 0.2) is 0 Å². The maximum atomic E-state index is 5.82. The van der Waals surface area contributed by atoms with Crippen molar-refractivity contribution < 1.29 is 4.74 Å². The number of ether oxygens (including phenoxy) is 1. The van der Waals surface area contributed by atoms with Gasteiger partial charge in [-0.1, -0.05) is 0 Å². The Hall–Kier alpha value is -1.03. The van der Waals surface area contributed by atoms with Crippen LogP contribution in [-0.2, 0) is 7.05 Å². The first-order valence-corrected chi connectivity index (χ1v) is 5.15. The third-order valence-corrected chi connectivity index (χ3v) is 2.77. The van der Waals surface area contributed by atoms with E-state index in [9.17, 15) is 0 Å². The second-order valence-corrected chi connectivity index (χ2v) is 3.98. The molecule has 0 aromatic carbocycles. The summed E-state index contributed by atoms with van der Waals surface area (Å²) in [5, 5.41) is 0. The van der Waals surface area contributed by atoms with Crippen molar-refractivity contribution in [3.63, 3.8) is 0 Å². The maximum absolute atomic E-state index is 5.82. The van der Waals surface area contributed by atoms with E-state index in [2.05, 4.69) is 4.98 Å². The van der Waals surface area contributed by atoms with E-state index in [1.807, 2.05) is 17.8 Å². The van der Waals surface area contributed by atoms with Gasteiger partial charge in [-0.05, 0) is 25.7 Å². The van der Waals surface area contributed by atoms with Crippen molar-refractivity contribution in [3.05, 3.63) is 12.4 Å². The van der Waals surface area contributed by atoms with E-state index in [-0.39, 0.29) is 0 Å². The molecule has 2 N–H and O–H groups in total. The fraction of sp³-hybridized carbons (Fsp3) is 0.700. The van der Waals surface area contributed by atoms with Crippen molar-refractivity contribution in [1.82, 2.24) is 9.55 Å². The van der Waals surface area contributed by atoms with Crippen molar-refractivity contribution in [3.8, 4) is 6.01 Å². The van der Waals surface area contributed by atoms with Crippen LogP contribution in [0.5, 0.6) is 6.01 Å². The van der Waals surface area contributed by atoms with Gasteiger partial charge in [-0.2, -0.15) is 0 Å². The molecule has 1 heterocycles. The third kappa shape index (κ3) is 2.07. The highest BCUT2D eigenvalue weighted by Gasteiger charge is 2.20. The lowest BCUT2D eigenvalue weighted by molar-refractivity contribution is 0.131. The Bertz CT molecular complexity index is 289. The number of aromatic nitrogens is 2. The molecule has 0 spiro atoms. The molecule has 0 unspecified atom stereocenters. The van der Waals surface area contributed by atoms with Crippen LogP contribution in [-0.4, -0.2) is 21.7 Å². The number of nitrogens with two attached hydrogens (primary N) is 1. The molecule has 4 heteroatoms. The second-order valence-electron chi connectivity index (χ2n) is 3.98. The van der Waals surface area contributed by atoms with Gasteiger partial charge in [0, 0.05) is 25.5 Å². The van der Waals surface area contributed by atoms with Crippen LogP contribution >= 0.6 is 0 Å². The van der Waals surface area contributed by atoms with Crippen LogP contribution in [0.2, 0.25) is 0 Å². The van der Waals surface area contributed by atoms with Crippen LogP contribution in [0.15, 0.2) is 12.4 Å². The van der Waals surface area contributed by atoms with Crippen LogP contribution in [0.4, 0.5) is 0 Å². The zero-order valence-corrected chi connectivity index (χ0v) is 8.52. The molecule has 0 radical (unpaired) electrons. The maximum Gasteiger partial charge on any atom is 0.296 e. The average Bonchev–Trinajstić information content (AvgIpc) is 2.56. The number of hydrogen-bond acceptors (Lipinski definition) is 3. The highest BCUT2D eigenvalue weighted by atomic mass is 16.5. The Kier molecular flexibility index (Phi) is 2.72. The summed E-state index contributed by atoms with van der Waals surface area (Å²) in [4.78, 5) is 4.14. The molecule has 1 aromatic rings. The topological polar surface area (TPSA) is 53.1 Å². The normalized spacial score (nSPS) is 27.6. The summed E-state index contributed by atoms with van der Waals surface area (Å²) in [6.07, 6.45) is 8.18. The molecular formula is C10H17N3O. The number of aryl methyl sites for hydroxylation is 1. The van der Waals surface area contributed by atoms with Gasteiger partial charge in [-0.25, -0.2) is 4.98 Å². The second kappa shape index (κ2) is 4.00. The standard InChI is InChI=1S/C10H17N3O/c1-13-7-6-12-10(13)14-9-4-2-8(11)3-5-9/h6-9H,2-5,11H2,1H3. The molecule has 1 aliphatic rings. The van der Waals surface area contributed by atoms with E-state index in [4.69, 9.17) is 10.5 Å². The van der Waals surface area contributed by atoms with Crippen LogP contribution < -0.4 is 10.5 Å². The minimum absolute atomic E-state index is 0.302. The molecule has 1 aliphatic carbocycles. The van der Waals surface area contributed by atoms with Crippen LogP contribution in [0.1, 0.15) is 25.7 Å². The molecular weight excluding hydrogens is 178 g/mol. The fourth-order valence-corrected chi connectivity index (χ4v) is 1.82. The molecule has 4 nitrogen and oxygen atoms in total. The van der Waals surface area contributed by atoms with Gasteiger partial charge in [0.05, 0.1) is 0 Å². The number of nitrogens with zero attached hydrogens (tertiary/aromatic N) is 2. The molecule has 1 aromatic heterocycles. The van der Waals surface area contributed by atoms with E-state index in [0.29, 0.717) is 18.2 Å². The molecule has 0 atom stereocenters. The van der Waals surface area contributed by atoms with Crippen molar-refractivity contribution in [2.75, 3.05) is 0 Å². The average molecular weight is 195 g/mol. The van der Waals surface area contributed by atoms with Crippen molar-refractivity contribution in [2.45, 2.75) is 37.8 Å². The summed E-state index contributed by atoms with van der Waals surface area (Å²) in [6.45, 7) is 0. The number of rotatable bonds is 2. The number of hydrogen-bond donors (Lipinski definition) is 1. The first-order chi connectivity index (χ1) is 6.75. The Labute approximate surface area is 84.1 Å². The molecule has 0 saturated heterocycles. The molecule has 2 rings (SSSR count). The molecule has 14 heavy (non-hydrogen) atoms. The lowest BCUT2D eigenvalue weighted by atomic mass is 9.94. The monoisotopic (exact) mass is 195 g/mol. The summed E-state index contributed by atoms with van der Waals surface area (Å²) in [6, 6.07) is 1.08. The smallest absolute Gasteiger partial charge is 0.296 e. The van der Waals surface area contributed by atoms with Crippen molar-refractivity contribution >= 4 is 0 Å². The quantitative estimate of drug-likeness (QED) is 0.768. The minimum Gasteiger partial charge on any atom is -0.461 e. The molecule has 0 aliphatic heterocycles. The largest absolute Gasteiger partial charge is 0.461 e. The summed E-state index contributed by atoms with van der Waals surface area (Å²) in [5.74, 6) is 0. The Balaban J connectivity index is 1.89. The summed E-state index contributed by atoms with van der Waals surface area (Å²) in [7, 11) is 1.94. The highest BCUT2D eigenvalue weighted by molar-refractivity contribution is 4.98. The van der Waals surface area contributed by atoms with Crippen LogP contribution in [0, 0.1) is 0 Å². The lowest BCUT2D eigenvalue weighted by Crippen LogP contribution is -2.32. The molecule has 0 amide bonds. The molecule has 1 saturated carbocycles. The van der Waals surface area contributed by atoms with E-state index >= 15 is 0 Å². The Morgan fingerprint density at radius 1 is 1.43 bits per heavy atom. The van der Waals surface area contributed by atoms with Gasteiger partial charge in [0.2, 0.25) is 0 Å². The van der Waals surface area contributed by atoms with E-state index < -0.39 is 0 Å². The first kappa shape index (κ1) is 9.52. The van der Waals surface area contributed by atoms with Gasteiger partial charge < -0.3 is 15.0 Å². The van der Waals surface area contributed by atoms with Crippen LogP contribution in [0.25, 0.3) is 0 Å². The Morgan fingerprint density at radius 2 is 2.14 bits per heavy atom. The fourth-order valence-electron chi connectivity index (χ4n) is 1.82. The number of imidazole rings is 1. The lowest BCUT2D eigenvalue weighted by Gasteiger charge is -2.26. The minimum atomic E-state index is 0.302. The van der Waals surface area contributed by atoms with Crippen molar-refractivity contribution in [2.24, 2.45) is 12.8 Å². The SMILES string of the molecule is Cn1ccnc1OC1CCC(N)CC1. The zero-order chi connectivity index (χ0) is 9.97. The third-order valence-electron chi connectivity index (χ3n) is 2.77. The van der Waals surface area contributed by atoms with Crippen molar-refractivity contribution in [1.29, 1.82) is 0 Å². The van der Waals surface area contributed by atoms with E-state index in [1.54, 1.807) is 6.20 Å². The highest BCUT2D eigenvalue weighted by Crippen LogP contribution is 2.21. The predicted octanol–water partition coefficient (Wildman–Crippen LogP) is 1.07. The summed E-state index contributed by atoms with van der Waals surface area (Å²) >= 11 is 0. The van der Waals surface area contributed by atoms with Gasteiger partial charge in [0.1, 0.15) is 6.10 Å². The molecule has 78 valence electrons. The molecule has 1 fully saturated rings. The van der Waals surface area contributed by atoms with Gasteiger partial charge in [-0.15, -0.1) is 0 Å². The van der Waals surface area contributed by atoms with E-state index in [0.717, 1.165) is 25.7 Å². The summed E-state index contributed by atoms with van der Waals surface area (Å²) in [5.41, 5.74) is 5.82. The van der Waals surface area contributed by atoms with Gasteiger partial charge >= 0.3 is 0 Å². The molecule has 0 bridgehead atoms. The first-order valence-electron chi connectivity index (χ1n) is 5.15. The Morgan fingerprint density at radius 3 is 2.71 bits per heavy atom. The predicted molar refractivity (Wildman–Crippen MR) is 54.1 cm³/mol. The zero-order valence-electron chi connectivity index (χ0n) is 8.52.